The number of piperidine rings is 1. The lowest BCUT2D eigenvalue weighted by Crippen LogP contribution is -2.53. The van der Waals surface area contributed by atoms with Crippen molar-refractivity contribution >= 4 is 28.5 Å². The zero-order valence-electron chi connectivity index (χ0n) is 20.2. The van der Waals surface area contributed by atoms with Gasteiger partial charge in [0.1, 0.15) is 24.1 Å². The number of hydrogen-bond acceptors (Lipinski definition) is 8. The minimum absolute atomic E-state index is 0.342. The van der Waals surface area contributed by atoms with Crippen LogP contribution in [0.25, 0.3) is 11.0 Å². The van der Waals surface area contributed by atoms with Crippen molar-refractivity contribution in [2.75, 3.05) is 45.3 Å². The number of aromatic nitrogens is 2. The third kappa shape index (κ3) is 4.64. The third-order valence-corrected chi connectivity index (χ3v) is 6.95. The van der Waals surface area contributed by atoms with E-state index in [1.807, 2.05) is 18.2 Å². The van der Waals surface area contributed by atoms with Crippen LogP contribution in [0.15, 0.2) is 42.6 Å². The Morgan fingerprint density at radius 1 is 1.11 bits per heavy atom. The van der Waals surface area contributed by atoms with Crippen molar-refractivity contribution in [1.82, 2.24) is 14.9 Å². The number of pyridine rings is 2. The van der Waals surface area contributed by atoms with Gasteiger partial charge < -0.3 is 30.2 Å². The Morgan fingerprint density at radius 3 is 2.64 bits per heavy atom. The molecule has 2 aliphatic heterocycles. The lowest BCUT2D eigenvalue weighted by atomic mass is 9.76. The van der Waals surface area contributed by atoms with Crippen LogP contribution in [0.1, 0.15) is 18.4 Å². The molecule has 3 N–H and O–H groups in total. The minimum Gasteiger partial charge on any atom is -0.486 e. The molecule has 10 heteroatoms. The van der Waals surface area contributed by atoms with Gasteiger partial charge in [0.05, 0.1) is 18.3 Å². The van der Waals surface area contributed by atoms with Crippen molar-refractivity contribution in [3.05, 3.63) is 48.2 Å². The topological polar surface area (TPSA) is 129 Å². The summed E-state index contributed by atoms with van der Waals surface area (Å²) in [6.45, 7) is 3.10. The van der Waals surface area contributed by atoms with Gasteiger partial charge in [0, 0.05) is 18.8 Å². The van der Waals surface area contributed by atoms with Gasteiger partial charge in [-0.2, -0.15) is 0 Å². The molecule has 0 unspecified atom stereocenters. The summed E-state index contributed by atoms with van der Waals surface area (Å²) >= 11 is 0. The van der Waals surface area contributed by atoms with Crippen LogP contribution in [0.5, 0.6) is 17.4 Å². The van der Waals surface area contributed by atoms with E-state index < -0.39 is 17.2 Å². The van der Waals surface area contributed by atoms with Crippen molar-refractivity contribution in [2.45, 2.75) is 19.3 Å². The number of carbonyl (C=O) groups is 2. The maximum absolute atomic E-state index is 13.4. The fourth-order valence-electron chi connectivity index (χ4n) is 4.74. The molecule has 1 fully saturated rings. The molecule has 0 radical (unpaired) electrons. The Hall–Kier alpha value is -3.92. The standard InChI is InChI=1S/C26H29N5O5/c1-34-22-5-3-18-23(30-22)19(6-10-28-18)29-25(33)26(24(27)32)8-12-31(13-9-26)11-7-17-2-4-20-21(16-17)36-15-14-35-20/h2-6,10,16H,7-9,11-15H2,1H3,(H2,27,32)(H,28,29,33). The highest BCUT2D eigenvalue weighted by atomic mass is 16.6. The number of methoxy groups -OCH3 is 1. The Kier molecular flexibility index (Phi) is 6.60. The number of carbonyl (C=O) groups excluding carboxylic acids is 2. The molecule has 4 heterocycles. The fraction of sp³-hybridized carbons (Fsp3) is 0.385. The number of benzene rings is 1. The summed E-state index contributed by atoms with van der Waals surface area (Å²) in [7, 11) is 1.52. The van der Waals surface area contributed by atoms with Crippen LogP contribution >= 0.6 is 0 Å². The summed E-state index contributed by atoms with van der Waals surface area (Å²) in [4.78, 5) is 36.9. The summed E-state index contributed by atoms with van der Waals surface area (Å²) in [5, 5.41) is 2.89. The van der Waals surface area contributed by atoms with E-state index in [0.29, 0.717) is 61.7 Å². The first kappa shape index (κ1) is 23.8. The van der Waals surface area contributed by atoms with Crippen LogP contribution in [-0.4, -0.2) is 66.6 Å². The largest absolute Gasteiger partial charge is 0.486 e. The van der Waals surface area contributed by atoms with Crippen LogP contribution in [0, 0.1) is 5.41 Å². The molecule has 2 amide bonds. The summed E-state index contributed by atoms with van der Waals surface area (Å²) in [5.41, 5.74) is 7.22. The molecule has 0 spiro atoms. The molecule has 0 saturated carbocycles. The zero-order chi connectivity index (χ0) is 25.1. The Balaban J connectivity index is 1.25. The first-order valence-corrected chi connectivity index (χ1v) is 12.0. The molecule has 2 aliphatic rings. The van der Waals surface area contributed by atoms with Crippen LogP contribution in [-0.2, 0) is 16.0 Å². The highest BCUT2D eigenvalue weighted by Gasteiger charge is 2.46. The van der Waals surface area contributed by atoms with Crippen molar-refractivity contribution in [3.8, 4) is 17.4 Å². The smallest absolute Gasteiger partial charge is 0.240 e. The number of amides is 2. The SMILES string of the molecule is COc1ccc2nccc(NC(=O)C3(C(N)=O)CCN(CCc4ccc5c(c4)OCCO5)CC3)c2n1. The van der Waals surface area contributed by atoms with Gasteiger partial charge >= 0.3 is 0 Å². The summed E-state index contributed by atoms with van der Waals surface area (Å²) < 4.78 is 16.5. The summed E-state index contributed by atoms with van der Waals surface area (Å²) in [6.07, 6.45) is 3.09. The average molecular weight is 492 g/mol. The van der Waals surface area contributed by atoms with E-state index in [0.717, 1.165) is 30.0 Å². The van der Waals surface area contributed by atoms with E-state index >= 15 is 0 Å². The molecule has 5 rings (SSSR count). The number of fused-ring (bicyclic) bond motifs is 2. The first-order valence-electron chi connectivity index (χ1n) is 12.0. The Labute approximate surface area is 208 Å². The van der Waals surface area contributed by atoms with E-state index in [1.54, 1.807) is 24.4 Å². The predicted octanol–water partition coefficient (Wildman–Crippen LogP) is 2.16. The van der Waals surface area contributed by atoms with E-state index in [-0.39, 0.29) is 0 Å². The van der Waals surface area contributed by atoms with Crippen molar-refractivity contribution in [2.24, 2.45) is 11.1 Å². The van der Waals surface area contributed by atoms with Gasteiger partial charge in [-0.1, -0.05) is 6.07 Å². The molecule has 10 nitrogen and oxygen atoms in total. The lowest BCUT2D eigenvalue weighted by Gasteiger charge is -2.38. The van der Waals surface area contributed by atoms with Gasteiger partial charge in [-0.05, 0) is 62.2 Å². The Morgan fingerprint density at radius 2 is 1.89 bits per heavy atom. The Bertz CT molecular complexity index is 1290. The fourth-order valence-corrected chi connectivity index (χ4v) is 4.74. The molecular formula is C26H29N5O5. The normalized spacial score (nSPS) is 16.9. The zero-order valence-corrected chi connectivity index (χ0v) is 20.2. The summed E-state index contributed by atoms with van der Waals surface area (Å²) in [5.74, 6) is 0.921. The van der Waals surface area contributed by atoms with Gasteiger partial charge in [-0.3, -0.25) is 14.6 Å². The maximum Gasteiger partial charge on any atom is 0.240 e. The van der Waals surface area contributed by atoms with Crippen LogP contribution < -0.4 is 25.3 Å². The van der Waals surface area contributed by atoms with Crippen LogP contribution in [0.2, 0.25) is 0 Å². The quantitative estimate of drug-likeness (QED) is 0.481. The molecular weight excluding hydrogens is 462 g/mol. The predicted molar refractivity (Wildman–Crippen MR) is 133 cm³/mol. The third-order valence-electron chi connectivity index (χ3n) is 6.95. The molecule has 0 bridgehead atoms. The number of primary amides is 1. The van der Waals surface area contributed by atoms with Gasteiger partial charge in [-0.15, -0.1) is 0 Å². The van der Waals surface area contributed by atoms with Gasteiger partial charge in [0.15, 0.2) is 11.5 Å². The number of rotatable bonds is 7. The second-order valence-corrected chi connectivity index (χ2v) is 9.05. The number of nitrogens with zero attached hydrogens (tertiary/aromatic N) is 3. The molecule has 0 atom stereocenters. The number of anilines is 1. The highest BCUT2D eigenvalue weighted by molar-refractivity contribution is 6.12. The van der Waals surface area contributed by atoms with Crippen molar-refractivity contribution in [1.29, 1.82) is 0 Å². The van der Waals surface area contributed by atoms with E-state index in [4.69, 9.17) is 19.9 Å². The minimum atomic E-state index is -1.29. The highest BCUT2D eigenvalue weighted by Crippen LogP contribution is 2.35. The number of hydrogen-bond donors (Lipinski definition) is 2. The van der Waals surface area contributed by atoms with Crippen LogP contribution in [0.3, 0.4) is 0 Å². The summed E-state index contributed by atoms with van der Waals surface area (Å²) in [6, 6.07) is 11.1. The second-order valence-electron chi connectivity index (χ2n) is 9.05. The van der Waals surface area contributed by atoms with Gasteiger partial charge in [0.2, 0.25) is 17.7 Å². The van der Waals surface area contributed by atoms with Crippen molar-refractivity contribution in [3.63, 3.8) is 0 Å². The molecule has 1 aromatic carbocycles. The molecule has 3 aromatic rings. The van der Waals surface area contributed by atoms with E-state index in [1.165, 1.54) is 7.11 Å². The maximum atomic E-state index is 13.4. The van der Waals surface area contributed by atoms with Gasteiger partial charge in [-0.25, -0.2) is 4.98 Å². The monoisotopic (exact) mass is 491 g/mol. The van der Waals surface area contributed by atoms with E-state index in [9.17, 15) is 9.59 Å². The number of nitrogens with two attached hydrogens (primary N) is 1. The second kappa shape index (κ2) is 9.98. The number of likely N-dealkylation sites (tertiary alicyclic amines) is 1. The van der Waals surface area contributed by atoms with Crippen LogP contribution in [0.4, 0.5) is 5.69 Å². The molecule has 36 heavy (non-hydrogen) atoms. The van der Waals surface area contributed by atoms with Crippen molar-refractivity contribution < 1.29 is 23.8 Å². The molecule has 1 saturated heterocycles. The molecule has 188 valence electrons. The van der Waals surface area contributed by atoms with E-state index in [2.05, 4.69) is 20.2 Å². The lowest BCUT2D eigenvalue weighted by molar-refractivity contribution is -0.141. The first-order chi connectivity index (χ1) is 17.5. The average Bonchev–Trinajstić information content (AvgIpc) is 2.91. The van der Waals surface area contributed by atoms with Gasteiger partial charge in [0.25, 0.3) is 0 Å². The number of nitrogens with one attached hydrogen (secondary N) is 1. The molecule has 2 aromatic heterocycles. The number of ether oxygens (including phenoxy) is 3. The molecule has 0 aliphatic carbocycles.